The van der Waals surface area contributed by atoms with Gasteiger partial charge in [-0.2, -0.15) is 0 Å². The summed E-state index contributed by atoms with van der Waals surface area (Å²) in [6.45, 7) is 2.06. The second kappa shape index (κ2) is 3.17. The quantitative estimate of drug-likeness (QED) is 0.605. The lowest BCUT2D eigenvalue weighted by Gasteiger charge is -1.92. The summed E-state index contributed by atoms with van der Waals surface area (Å²) in [5.74, 6) is 0. The maximum absolute atomic E-state index is 10.5. The van der Waals surface area contributed by atoms with Crippen molar-refractivity contribution in [2.75, 3.05) is 0 Å². The molecule has 0 saturated heterocycles. The van der Waals surface area contributed by atoms with Gasteiger partial charge in [-0.25, -0.2) is 0 Å². The first-order chi connectivity index (χ1) is 7.78. The number of aromatic nitrogens is 1. The minimum Gasteiger partial charge on any atom is -0.354 e. The molecule has 0 spiro atoms. The second-order valence-corrected chi connectivity index (χ2v) is 4.00. The summed E-state index contributed by atoms with van der Waals surface area (Å²) in [6, 6.07) is 11.7. The molecule has 0 atom stereocenters. The van der Waals surface area contributed by atoms with Crippen LogP contribution in [0.1, 0.15) is 5.56 Å². The molecule has 0 bridgehead atoms. The maximum atomic E-state index is 10.5. The molecule has 0 aliphatic rings. The summed E-state index contributed by atoms with van der Waals surface area (Å²) < 4.78 is 0. The number of H-pyrrole nitrogens is 1. The molecule has 0 aliphatic heterocycles. The molecular weight excluding hydrogens is 200 g/mol. The van der Waals surface area contributed by atoms with E-state index in [1.807, 2.05) is 6.07 Å². The van der Waals surface area contributed by atoms with Crippen molar-refractivity contribution >= 4 is 27.5 Å². The number of aromatic amines is 1. The molecule has 3 heteroatoms. The van der Waals surface area contributed by atoms with Crippen LogP contribution in [0.3, 0.4) is 0 Å². The molecule has 1 heterocycles. The largest absolute Gasteiger partial charge is 0.354 e. The molecule has 1 N–H and O–H groups in total. The van der Waals surface area contributed by atoms with E-state index in [4.69, 9.17) is 0 Å². The highest BCUT2D eigenvalue weighted by molar-refractivity contribution is 6.07. The van der Waals surface area contributed by atoms with Crippen LogP contribution in [0.5, 0.6) is 0 Å². The maximum Gasteiger partial charge on any atom is 0.110 e. The second-order valence-electron chi connectivity index (χ2n) is 4.00. The molecule has 3 aromatic rings. The van der Waals surface area contributed by atoms with E-state index in [0.717, 1.165) is 16.4 Å². The monoisotopic (exact) mass is 210 g/mol. The number of nitrogens with zero attached hydrogens (tertiary/aromatic N) is 1. The Bertz CT molecular complexity index is 698. The zero-order valence-electron chi connectivity index (χ0n) is 8.82. The lowest BCUT2D eigenvalue weighted by atomic mass is 10.1. The zero-order valence-corrected chi connectivity index (χ0v) is 8.82. The highest BCUT2D eigenvalue weighted by atomic mass is 16.3. The van der Waals surface area contributed by atoms with Gasteiger partial charge in [0, 0.05) is 21.8 Å². The first-order valence-corrected chi connectivity index (χ1v) is 5.13. The zero-order chi connectivity index (χ0) is 11.1. The van der Waals surface area contributed by atoms with Crippen LogP contribution in [-0.2, 0) is 0 Å². The molecule has 78 valence electrons. The van der Waals surface area contributed by atoms with Crippen molar-refractivity contribution in [3.8, 4) is 0 Å². The number of rotatable bonds is 1. The Morgan fingerprint density at radius 1 is 1.00 bits per heavy atom. The third kappa shape index (κ3) is 1.21. The highest BCUT2D eigenvalue weighted by Gasteiger charge is 2.04. The number of fused-ring (bicyclic) bond motifs is 3. The van der Waals surface area contributed by atoms with Crippen LogP contribution in [0.4, 0.5) is 5.69 Å². The predicted molar refractivity (Wildman–Crippen MR) is 66.0 cm³/mol. The van der Waals surface area contributed by atoms with Crippen LogP contribution in [0, 0.1) is 11.8 Å². The van der Waals surface area contributed by atoms with Gasteiger partial charge in [0.1, 0.15) is 5.69 Å². The van der Waals surface area contributed by atoms with Gasteiger partial charge in [-0.3, -0.25) is 0 Å². The average Bonchev–Trinajstić information content (AvgIpc) is 2.64. The van der Waals surface area contributed by atoms with Crippen molar-refractivity contribution in [2.24, 2.45) is 5.18 Å². The van der Waals surface area contributed by atoms with Gasteiger partial charge in [0.25, 0.3) is 0 Å². The van der Waals surface area contributed by atoms with E-state index < -0.39 is 0 Å². The van der Waals surface area contributed by atoms with Crippen molar-refractivity contribution in [3.63, 3.8) is 0 Å². The lowest BCUT2D eigenvalue weighted by molar-refractivity contribution is 1.46. The number of hydrogen-bond donors (Lipinski definition) is 1. The van der Waals surface area contributed by atoms with E-state index >= 15 is 0 Å². The third-order valence-corrected chi connectivity index (χ3v) is 2.84. The molecular formula is C13H10N2O. The van der Waals surface area contributed by atoms with E-state index in [1.165, 1.54) is 10.9 Å². The van der Waals surface area contributed by atoms with Crippen molar-refractivity contribution in [2.45, 2.75) is 6.92 Å². The van der Waals surface area contributed by atoms with Crippen molar-refractivity contribution in [1.82, 2.24) is 4.98 Å². The lowest BCUT2D eigenvalue weighted by Crippen LogP contribution is -1.70. The normalized spacial score (nSPS) is 11.1. The first kappa shape index (κ1) is 9.09. The molecule has 1 aromatic heterocycles. The Balaban J connectivity index is 2.45. The van der Waals surface area contributed by atoms with E-state index in [0.29, 0.717) is 5.69 Å². The highest BCUT2D eigenvalue weighted by Crippen LogP contribution is 2.28. The van der Waals surface area contributed by atoms with Gasteiger partial charge < -0.3 is 4.98 Å². The Labute approximate surface area is 92.1 Å². The van der Waals surface area contributed by atoms with Gasteiger partial charge >= 0.3 is 0 Å². The van der Waals surface area contributed by atoms with Gasteiger partial charge in [-0.1, -0.05) is 12.1 Å². The summed E-state index contributed by atoms with van der Waals surface area (Å²) in [5, 5.41) is 5.24. The van der Waals surface area contributed by atoms with Gasteiger partial charge in [0.2, 0.25) is 0 Å². The molecule has 16 heavy (non-hydrogen) atoms. The summed E-state index contributed by atoms with van der Waals surface area (Å²) in [7, 11) is 0. The number of aryl methyl sites for hydroxylation is 1. The standard InChI is InChI=1S/C13H10N2O/c1-8-2-4-10-11-5-3-9(15-16)7-13(11)14-12(10)6-8/h2-7,14H,1H3. The van der Waals surface area contributed by atoms with Gasteiger partial charge in [0.05, 0.1) is 0 Å². The molecule has 3 rings (SSSR count). The molecule has 3 nitrogen and oxygen atoms in total. The molecule has 0 aliphatic carbocycles. The Kier molecular flexibility index (Phi) is 1.80. The number of benzene rings is 2. The van der Waals surface area contributed by atoms with Gasteiger partial charge in [-0.05, 0) is 41.9 Å². The predicted octanol–water partition coefficient (Wildman–Crippen LogP) is 4.03. The molecule has 2 aromatic carbocycles. The average molecular weight is 210 g/mol. The SMILES string of the molecule is Cc1ccc2c(c1)[nH]c1cc(N=O)ccc12. The fourth-order valence-corrected chi connectivity index (χ4v) is 2.07. The summed E-state index contributed by atoms with van der Waals surface area (Å²) in [4.78, 5) is 13.8. The Hall–Kier alpha value is -2.16. The third-order valence-electron chi connectivity index (χ3n) is 2.84. The molecule has 0 unspecified atom stereocenters. The van der Waals surface area contributed by atoms with E-state index in [1.54, 1.807) is 12.1 Å². The van der Waals surface area contributed by atoms with E-state index in [2.05, 4.69) is 35.3 Å². The van der Waals surface area contributed by atoms with Crippen LogP contribution in [0.2, 0.25) is 0 Å². The van der Waals surface area contributed by atoms with Crippen molar-refractivity contribution in [1.29, 1.82) is 0 Å². The van der Waals surface area contributed by atoms with E-state index in [-0.39, 0.29) is 0 Å². The van der Waals surface area contributed by atoms with Crippen LogP contribution in [-0.4, -0.2) is 4.98 Å². The smallest absolute Gasteiger partial charge is 0.110 e. The fraction of sp³-hybridized carbons (Fsp3) is 0.0769. The molecule has 0 saturated carbocycles. The Morgan fingerprint density at radius 3 is 2.44 bits per heavy atom. The number of nitrogens with one attached hydrogen (secondary N) is 1. The van der Waals surface area contributed by atoms with Crippen LogP contribution in [0.15, 0.2) is 41.6 Å². The van der Waals surface area contributed by atoms with Crippen LogP contribution in [0.25, 0.3) is 21.8 Å². The molecule has 0 amide bonds. The molecule has 0 fully saturated rings. The Morgan fingerprint density at radius 2 is 1.69 bits per heavy atom. The van der Waals surface area contributed by atoms with Crippen molar-refractivity contribution < 1.29 is 0 Å². The minimum atomic E-state index is 0.454. The number of nitroso groups, excluding NO2 is 1. The summed E-state index contributed by atoms with van der Waals surface area (Å²) >= 11 is 0. The summed E-state index contributed by atoms with van der Waals surface area (Å²) in [5.41, 5.74) is 3.72. The summed E-state index contributed by atoms with van der Waals surface area (Å²) in [6.07, 6.45) is 0. The van der Waals surface area contributed by atoms with Crippen molar-refractivity contribution in [3.05, 3.63) is 46.9 Å². The topological polar surface area (TPSA) is 45.2 Å². The van der Waals surface area contributed by atoms with Crippen LogP contribution < -0.4 is 0 Å². The number of hydrogen-bond acceptors (Lipinski definition) is 2. The van der Waals surface area contributed by atoms with E-state index in [9.17, 15) is 4.91 Å². The molecule has 0 radical (unpaired) electrons. The van der Waals surface area contributed by atoms with Crippen LogP contribution >= 0.6 is 0 Å². The van der Waals surface area contributed by atoms with Gasteiger partial charge in [-0.15, -0.1) is 4.91 Å². The minimum absolute atomic E-state index is 0.454. The first-order valence-electron chi connectivity index (χ1n) is 5.13. The fourth-order valence-electron chi connectivity index (χ4n) is 2.07. The van der Waals surface area contributed by atoms with Gasteiger partial charge in [0.15, 0.2) is 0 Å².